The summed E-state index contributed by atoms with van der Waals surface area (Å²) in [7, 11) is 0. The molecule has 1 unspecified atom stereocenters. The first-order valence-corrected chi connectivity index (χ1v) is 8.71. The molecular formula is C17H26N4O3. The van der Waals surface area contributed by atoms with Gasteiger partial charge in [-0.1, -0.05) is 6.92 Å². The number of hydrogen-bond donors (Lipinski definition) is 3. The minimum Gasteiger partial charge on any atom is -0.393 e. The van der Waals surface area contributed by atoms with E-state index in [0.717, 1.165) is 25.2 Å². The molecule has 2 amide bonds. The molecule has 2 heterocycles. The molecule has 1 aliphatic heterocycles. The Morgan fingerprint density at radius 3 is 2.96 bits per heavy atom. The van der Waals surface area contributed by atoms with Gasteiger partial charge in [0.15, 0.2) is 0 Å². The Hall–Kier alpha value is -1.89. The standard InChI is InChI=1S/C17H26N4O3/c1-10-3-4-16-18-8-14(21(16)9-10)17(24)19-7-12-5-13(6-15(12)23)20-11(2)22/h8,10,12-13,15,23H,3-7,9H2,1-2H3,(H,19,24)(H,20,22)/t10?,12-,13+,15-/m0/s1. The Morgan fingerprint density at radius 2 is 2.21 bits per heavy atom. The number of nitrogens with zero attached hydrogens (tertiary/aromatic N) is 2. The lowest BCUT2D eigenvalue weighted by Gasteiger charge is -2.22. The molecule has 132 valence electrons. The second kappa shape index (κ2) is 6.93. The molecule has 1 fully saturated rings. The summed E-state index contributed by atoms with van der Waals surface area (Å²) in [5, 5.41) is 15.9. The summed E-state index contributed by atoms with van der Waals surface area (Å²) in [5.74, 6) is 1.27. The molecule has 2 aliphatic rings. The van der Waals surface area contributed by atoms with Crippen molar-refractivity contribution >= 4 is 11.8 Å². The SMILES string of the molecule is CC(=O)N[C@@H]1C[C@@H](CNC(=O)c2cnc3n2CC(C)CC3)[C@@H](O)C1. The van der Waals surface area contributed by atoms with Crippen LogP contribution in [0, 0.1) is 11.8 Å². The molecule has 0 radical (unpaired) electrons. The minimum absolute atomic E-state index is 0.0111. The zero-order valence-corrected chi connectivity index (χ0v) is 14.3. The van der Waals surface area contributed by atoms with Gasteiger partial charge in [-0.3, -0.25) is 9.59 Å². The van der Waals surface area contributed by atoms with Crippen LogP contribution in [0.25, 0.3) is 0 Å². The van der Waals surface area contributed by atoms with Gasteiger partial charge in [-0.2, -0.15) is 0 Å². The molecule has 1 aromatic rings. The fraction of sp³-hybridized carbons (Fsp3) is 0.706. The largest absolute Gasteiger partial charge is 0.393 e. The van der Waals surface area contributed by atoms with Gasteiger partial charge in [0.25, 0.3) is 5.91 Å². The van der Waals surface area contributed by atoms with Crippen LogP contribution in [-0.4, -0.2) is 45.2 Å². The summed E-state index contributed by atoms with van der Waals surface area (Å²) < 4.78 is 2.01. The number of fused-ring (bicyclic) bond motifs is 1. The number of aliphatic hydroxyl groups excluding tert-OH is 1. The van der Waals surface area contributed by atoms with Crippen LogP contribution in [0.3, 0.4) is 0 Å². The molecule has 0 bridgehead atoms. The van der Waals surface area contributed by atoms with E-state index in [4.69, 9.17) is 0 Å². The van der Waals surface area contributed by atoms with Crippen LogP contribution in [0.1, 0.15) is 49.4 Å². The van der Waals surface area contributed by atoms with Gasteiger partial charge in [0.2, 0.25) is 5.91 Å². The van der Waals surface area contributed by atoms with Crippen LogP contribution in [-0.2, 0) is 17.8 Å². The third-order valence-corrected chi connectivity index (χ3v) is 5.12. The fourth-order valence-corrected chi connectivity index (χ4v) is 3.82. The van der Waals surface area contributed by atoms with Gasteiger partial charge >= 0.3 is 0 Å². The van der Waals surface area contributed by atoms with Crippen LogP contribution >= 0.6 is 0 Å². The van der Waals surface area contributed by atoms with Crippen molar-refractivity contribution in [1.82, 2.24) is 20.2 Å². The fourth-order valence-electron chi connectivity index (χ4n) is 3.82. The zero-order valence-electron chi connectivity index (χ0n) is 14.3. The molecule has 0 aromatic carbocycles. The highest BCUT2D eigenvalue weighted by molar-refractivity contribution is 5.92. The normalized spacial score (nSPS) is 29.1. The number of aromatic nitrogens is 2. The van der Waals surface area contributed by atoms with Crippen LogP contribution in [0.2, 0.25) is 0 Å². The van der Waals surface area contributed by atoms with Gasteiger partial charge in [0, 0.05) is 38.4 Å². The monoisotopic (exact) mass is 334 g/mol. The number of rotatable bonds is 4. The topological polar surface area (TPSA) is 96.3 Å². The molecule has 7 heteroatoms. The minimum atomic E-state index is -0.499. The van der Waals surface area contributed by atoms with Gasteiger partial charge in [-0.25, -0.2) is 4.98 Å². The summed E-state index contributed by atoms with van der Waals surface area (Å²) in [4.78, 5) is 28.0. The molecule has 0 saturated heterocycles. The number of amides is 2. The first-order valence-electron chi connectivity index (χ1n) is 8.71. The molecule has 7 nitrogen and oxygen atoms in total. The number of carbonyl (C=O) groups is 2. The average molecular weight is 334 g/mol. The van der Waals surface area contributed by atoms with Crippen molar-refractivity contribution in [1.29, 1.82) is 0 Å². The van der Waals surface area contributed by atoms with Crippen LogP contribution < -0.4 is 10.6 Å². The highest BCUT2D eigenvalue weighted by atomic mass is 16.3. The number of carbonyl (C=O) groups excluding carboxylic acids is 2. The second-order valence-corrected chi connectivity index (χ2v) is 7.22. The number of aryl methyl sites for hydroxylation is 1. The van der Waals surface area contributed by atoms with Gasteiger partial charge in [0.1, 0.15) is 11.5 Å². The van der Waals surface area contributed by atoms with Crippen LogP contribution in [0.5, 0.6) is 0 Å². The maximum absolute atomic E-state index is 12.5. The van der Waals surface area contributed by atoms with E-state index in [1.807, 2.05) is 4.57 Å². The number of hydrogen-bond acceptors (Lipinski definition) is 4. The molecular weight excluding hydrogens is 308 g/mol. The van der Waals surface area contributed by atoms with E-state index < -0.39 is 6.10 Å². The van der Waals surface area contributed by atoms with Crippen molar-refractivity contribution in [2.75, 3.05) is 6.54 Å². The predicted molar refractivity (Wildman–Crippen MR) is 88.4 cm³/mol. The van der Waals surface area contributed by atoms with Crippen molar-refractivity contribution in [2.45, 2.75) is 58.2 Å². The van der Waals surface area contributed by atoms with Gasteiger partial charge in [-0.05, 0) is 25.2 Å². The number of aliphatic hydroxyl groups is 1. The molecule has 0 spiro atoms. The van der Waals surface area contributed by atoms with Gasteiger partial charge in [-0.15, -0.1) is 0 Å². The van der Waals surface area contributed by atoms with Crippen molar-refractivity contribution in [3.63, 3.8) is 0 Å². The Kier molecular flexibility index (Phi) is 4.89. The van der Waals surface area contributed by atoms with Crippen LogP contribution in [0.4, 0.5) is 0 Å². The molecule has 1 aliphatic carbocycles. The maximum Gasteiger partial charge on any atom is 0.269 e. The molecule has 1 aromatic heterocycles. The van der Waals surface area contributed by atoms with E-state index in [1.165, 1.54) is 6.92 Å². The van der Waals surface area contributed by atoms with E-state index in [2.05, 4.69) is 22.5 Å². The quantitative estimate of drug-likeness (QED) is 0.746. The lowest BCUT2D eigenvalue weighted by atomic mass is 10.0. The van der Waals surface area contributed by atoms with E-state index in [9.17, 15) is 14.7 Å². The number of imidazole rings is 1. The van der Waals surface area contributed by atoms with Crippen LogP contribution in [0.15, 0.2) is 6.20 Å². The van der Waals surface area contributed by atoms with E-state index >= 15 is 0 Å². The maximum atomic E-state index is 12.5. The Labute approximate surface area is 141 Å². The summed E-state index contributed by atoms with van der Waals surface area (Å²) >= 11 is 0. The third-order valence-electron chi connectivity index (χ3n) is 5.12. The Morgan fingerprint density at radius 1 is 1.42 bits per heavy atom. The summed E-state index contributed by atoms with van der Waals surface area (Å²) in [6.45, 7) is 4.90. The highest BCUT2D eigenvalue weighted by Crippen LogP contribution is 2.26. The lowest BCUT2D eigenvalue weighted by Crippen LogP contribution is -2.35. The number of nitrogens with one attached hydrogen (secondary N) is 2. The molecule has 4 atom stereocenters. The summed E-state index contributed by atoms with van der Waals surface area (Å²) in [6.07, 6.45) is 4.39. The van der Waals surface area contributed by atoms with Crippen molar-refractivity contribution in [3.05, 3.63) is 17.7 Å². The predicted octanol–water partition coefficient (Wildman–Crippen LogP) is 0.471. The highest BCUT2D eigenvalue weighted by Gasteiger charge is 2.33. The Balaban J connectivity index is 1.57. The van der Waals surface area contributed by atoms with Crippen molar-refractivity contribution in [2.24, 2.45) is 11.8 Å². The summed E-state index contributed by atoms with van der Waals surface area (Å²) in [6, 6.07) is -0.0111. The van der Waals surface area contributed by atoms with E-state index in [0.29, 0.717) is 31.0 Å². The first kappa shape index (κ1) is 17.0. The lowest BCUT2D eigenvalue weighted by molar-refractivity contribution is -0.119. The van der Waals surface area contributed by atoms with Gasteiger partial charge < -0.3 is 20.3 Å². The molecule has 3 rings (SSSR count). The third kappa shape index (κ3) is 3.61. The van der Waals surface area contributed by atoms with Gasteiger partial charge in [0.05, 0.1) is 12.3 Å². The first-order chi connectivity index (χ1) is 11.4. The molecule has 3 N–H and O–H groups in total. The second-order valence-electron chi connectivity index (χ2n) is 7.22. The van der Waals surface area contributed by atoms with Crippen molar-refractivity contribution in [3.8, 4) is 0 Å². The smallest absolute Gasteiger partial charge is 0.269 e. The zero-order chi connectivity index (χ0) is 17.3. The molecule has 1 saturated carbocycles. The average Bonchev–Trinajstić information content (AvgIpc) is 3.07. The molecule has 24 heavy (non-hydrogen) atoms. The summed E-state index contributed by atoms with van der Waals surface area (Å²) in [5.41, 5.74) is 0.599. The van der Waals surface area contributed by atoms with Crippen molar-refractivity contribution < 1.29 is 14.7 Å². The van der Waals surface area contributed by atoms with E-state index in [1.54, 1.807) is 6.20 Å². The van der Waals surface area contributed by atoms with E-state index in [-0.39, 0.29) is 23.8 Å². The Bertz CT molecular complexity index is 627.